The summed E-state index contributed by atoms with van der Waals surface area (Å²) in [5.74, 6) is 2.90. The van der Waals surface area contributed by atoms with Crippen LogP contribution in [0.3, 0.4) is 0 Å². The van der Waals surface area contributed by atoms with Gasteiger partial charge in [-0.1, -0.05) is 0 Å². The molecule has 0 bridgehead atoms. The molecule has 1 unspecified atom stereocenters. The van der Waals surface area contributed by atoms with Gasteiger partial charge in [-0.25, -0.2) is 0 Å². The van der Waals surface area contributed by atoms with Crippen molar-refractivity contribution in [1.29, 1.82) is 0 Å². The second-order valence-electron chi connectivity index (χ2n) is 3.21. The van der Waals surface area contributed by atoms with Gasteiger partial charge in [-0.2, -0.15) is 11.8 Å². The summed E-state index contributed by atoms with van der Waals surface area (Å²) in [5, 5.41) is 9.50. The predicted molar refractivity (Wildman–Crippen MR) is 41.7 cm³/mol. The largest absolute Gasteiger partial charge is 0.390 e. The van der Waals surface area contributed by atoms with Gasteiger partial charge in [0.25, 0.3) is 0 Å². The fraction of sp³-hybridized carbons (Fsp3) is 1.00. The maximum atomic E-state index is 9.50. The van der Waals surface area contributed by atoms with Gasteiger partial charge in [-0.15, -0.1) is 0 Å². The van der Waals surface area contributed by atoms with E-state index in [9.17, 15) is 5.11 Å². The van der Waals surface area contributed by atoms with Gasteiger partial charge in [0.1, 0.15) is 0 Å². The average Bonchev–Trinajstić information content (AvgIpc) is 2.08. The summed E-state index contributed by atoms with van der Waals surface area (Å²) in [4.78, 5) is 0. The maximum Gasteiger partial charge on any atom is 0.0627 e. The van der Waals surface area contributed by atoms with Crippen LogP contribution in [0.4, 0.5) is 0 Å². The van der Waals surface area contributed by atoms with Crippen LogP contribution in [0.1, 0.15) is 20.3 Å². The molecule has 1 rings (SSSR count). The molecular formula is C7H14OS. The van der Waals surface area contributed by atoms with Crippen LogP contribution in [0.15, 0.2) is 0 Å². The lowest BCUT2D eigenvalue weighted by molar-refractivity contribution is 0.0283. The molecular weight excluding hydrogens is 132 g/mol. The molecule has 0 saturated carbocycles. The maximum absolute atomic E-state index is 9.50. The van der Waals surface area contributed by atoms with Crippen molar-refractivity contribution in [3.63, 3.8) is 0 Å². The predicted octanol–water partition coefficient (Wildman–Crippen LogP) is 1.51. The van der Waals surface area contributed by atoms with E-state index in [0.29, 0.717) is 5.92 Å². The van der Waals surface area contributed by atoms with Crippen molar-refractivity contribution >= 4 is 11.8 Å². The van der Waals surface area contributed by atoms with Crippen LogP contribution >= 0.6 is 11.8 Å². The molecule has 1 aliphatic rings. The molecule has 0 aromatic rings. The van der Waals surface area contributed by atoms with E-state index in [4.69, 9.17) is 0 Å². The molecule has 0 aromatic carbocycles. The molecule has 0 amide bonds. The average molecular weight is 146 g/mol. The van der Waals surface area contributed by atoms with Gasteiger partial charge in [-0.3, -0.25) is 0 Å². The third kappa shape index (κ3) is 1.87. The lowest BCUT2D eigenvalue weighted by Crippen LogP contribution is -2.30. The molecule has 9 heavy (non-hydrogen) atoms. The monoisotopic (exact) mass is 146 g/mol. The second kappa shape index (κ2) is 2.51. The molecule has 0 aromatic heterocycles. The van der Waals surface area contributed by atoms with Gasteiger partial charge in [-0.05, 0) is 37.7 Å². The van der Waals surface area contributed by atoms with E-state index in [1.165, 1.54) is 12.2 Å². The summed E-state index contributed by atoms with van der Waals surface area (Å²) in [7, 11) is 0. The van der Waals surface area contributed by atoms with Crippen molar-refractivity contribution in [2.75, 3.05) is 11.5 Å². The molecule has 1 atom stereocenters. The Morgan fingerprint density at radius 1 is 1.56 bits per heavy atom. The third-order valence-corrected chi connectivity index (χ3v) is 3.09. The molecule has 1 fully saturated rings. The van der Waals surface area contributed by atoms with Crippen molar-refractivity contribution in [2.45, 2.75) is 25.9 Å². The zero-order chi connectivity index (χ0) is 6.91. The topological polar surface area (TPSA) is 20.2 Å². The minimum Gasteiger partial charge on any atom is -0.390 e. The van der Waals surface area contributed by atoms with E-state index in [0.717, 1.165) is 5.75 Å². The minimum atomic E-state index is -0.441. The van der Waals surface area contributed by atoms with Gasteiger partial charge in [0.05, 0.1) is 5.60 Å². The number of rotatable bonds is 1. The highest BCUT2D eigenvalue weighted by Gasteiger charge is 2.29. The number of hydrogen-bond donors (Lipinski definition) is 1. The molecule has 1 N–H and O–H groups in total. The lowest BCUT2D eigenvalue weighted by atomic mass is 9.91. The van der Waals surface area contributed by atoms with Gasteiger partial charge >= 0.3 is 0 Å². The summed E-state index contributed by atoms with van der Waals surface area (Å²) < 4.78 is 0. The van der Waals surface area contributed by atoms with Crippen LogP contribution in [0.2, 0.25) is 0 Å². The van der Waals surface area contributed by atoms with Crippen molar-refractivity contribution < 1.29 is 5.11 Å². The number of thioether (sulfide) groups is 1. The Morgan fingerprint density at radius 2 is 2.22 bits per heavy atom. The smallest absolute Gasteiger partial charge is 0.0627 e. The van der Waals surface area contributed by atoms with E-state index in [2.05, 4.69) is 0 Å². The van der Waals surface area contributed by atoms with Gasteiger partial charge in [0, 0.05) is 0 Å². The van der Waals surface area contributed by atoms with Gasteiger partial charge in [0.2, 0.25) is 0 Å². The van der Waals surface area contributed by atoms with Crippen molar-refractivity contribution in [1.82, 2.24) is 0 Å². The minimum absolute atomic E-state index is 0.441. The Bertz CT molecular complexity index is 89.6. The fourth-order valence-corrected chi connectivity index (χ4v) is 2.57. The van der Waals surface area contributed by atoms with Crippen LogP contribution in [0.25, 0.3) is 0 Å². The highest BCUT2D eigenvalue weighted by molar-refractivity contribution is 7.99. The number of hydrogen-bond acceptors (Lipinski definition) is 2. The zero-order valence-electron chi connectivity index (χ0n) is 6.05. The van der Waals surface area contributed by atoms with Gasteiger partial charge < -0.3 is 5.11 Å². The van der Waals surface area contributed by atoms with Crippen molar-refractivity contribution in [3.8, 4) is 0 Å². The Kier molecular flexibility index (Phi) is 2.07. The summed E-state index contributed by atoms with van der Waals surface area (Å²) in [5.41, 5.74) is -0.441. The first kappa shape index (κ1) is 7.42. The molecule has 1 saturated heterocycles. The van der Waals surface area contributed by atoms with E-state index in [1.54, 1.807) is 0 Å². The van der Waals surface area contributed by atoms with E-state index < -0.39 is 5.60 Å². The summed E-state index contributed by atoms with van der Waals surface area (Å²) >= 11 is 1.95. The molecule has 1 heterocycles. The van der Waals surface area contributed by atoms with E-state index in [-0.39, 0.29) is 0 Å². The molecule has 0 spiro atoms. The van der Waals surface area contributed by atoms with E-state index in [1.807, 2.05) is 25.6 Å². The first-order valence-electron chi connectivity index (χ1n) is 3.41. The van der Waals surface area contributed by atoms with Crippen molar-refractivity contribution in [2.24, 2.45) is 5.92 Å². The molecule has 0 radical (unpaired) electrons. The third-order valence-electron chi connectivity index (χ3n) is 1.93. The standard InChI is InChI=1S/C7H14OS/c1-7(2,8)6-3-4-9-5-6/h6,8H,3-5H2,1-2H3. The normalized spacial score (nSPS) is 29.0. The van der Waals surface area contributed by atoms with Crippen LogP contribution in [-0.2, 0) is 0 Å². The summed E-state index contributed by atoms with van der Waals surface area (Å²) in [6, 6.07) is 0. The first-order chi connectivity index (χ1) is 4.11. The van der Waals surface area contributed by atoms with Gasteiger partial charge in [0.15, 0.2) is 0 Å². The zero-order valence-corrected chi connectivity index (χ0v) is 6.87. The molecule has 54 valence electrons. The Morgan fingerprint density at radius 3 is 2.44 bits per heavy atom. The molecule has 2 heteroatoms. The Hall–Kier alpha value is 0.310. The number of aliphatic hydroxyl groups is 1. The molecule has 1 aliphatic heterocycles. The Labute approximate surface area is 60.8 Å². The fourth-order valence-electron chi connectivity index (χ4n) is 1.09. The van der Waals surface area contributed by atoms with Crippen LogP contribution in [0, 0.1) is 5.92 Å². The quantitative estimate of drug-likeness (QED) is 0.605. The molecule has 1 nitrogen and oxygen atoms in total. The van der Waals surface area contributed by atoms with Crippen LogP contribution < -0.4 is 0 Å². The molecule has 0 aliphatic carbocycles. The first-order valence-corrected chi connectivity index (χ1v) is 4.56. The van der Waals surface area contributed by atoms with E-state index >= 15 is 0 Å². The SMILES string of the molecule is CC(C)(O)C1CCSC1. The summed E-state index contributed by atoms with van der Waals surface area (Å²) in [6.07, 6.45) is 1.19. The van der Waals surface area contributed by atoms with Crippen molar-refractivity contribution in [3.05, 3.63) is 0 Å². The van der Waals surface area contributed by atoms with Crippen LogP contribution in [-0.4, -0.2) is 22.2 Å². The highest BCUT2D eigenvalue weighted by atomic mass is 32.2. The van der Waals surface area contributed by atoms with Crippen LogP contribution in [0.5, 0.6) is 0 Å². The Balaban J connectivity index is 2.42. The highest BCUT2D eigenvalue weighted by Crippen LogP contribution is 2.31. The second-order valence-corrected chi connectivity index (χ2v) is 4.36. The summed E-state index contributed by atoms with van der Waals surface area (Å²) in [6.45, 7) is 3.81. The lowest BCUT2D eigenvalue weighted by Gasteiger charge is -2.23.